The molecule has 0 radical (unpaired) electrons. The average Bonchev–Trinajstić information content (AvgIpc) is 2.79. The molecule has 0 fully saturated rings. The van der Waals surface area contributed by atoms with Crippen LogP contribution in [0.1, 0.15) is 18.7 Å². The van der Waals surface area contributed by atoms with Gasteiger partial charge in [0.25, 0.3) is 0 Å². The Balaban J connectivity index is 2.46. The Morgan fingerprint density at radius 2 is 2.35 bits per heavy atom. The van der Waals surface area contributed by atoms with Gasteiger partial charge in [0.1, 0.15) is 0 Å². The van der Waals surface area contributed by atoms with Gasteiger partial charge in [0.15, 0.2) is 5.84 Å². The normalized spacial score (nSPS) is 15.3. The van der Waals surface area contributed by atoms with Gasteiger partial charge in [0, 0.05) is 17.3 Å². The molecule has 17 heavy (non-hydrogen) atoms. The molecule has 0 saturated heterocycles. The SMILES string of the molecule is CC(Cc1cccs1)NC(=O)C(C)C(N)=NO. The molecule has 2 atom stereocenters. The van der Waals surface area contributed by atoms with Gasteiger partial charge in [-0.25, -0.2) is 0 Å². The van der Waals surface area contributed by atoms with E-state index in [1.54, 1.807) is 18.3 Å². The maximum absolute atomic E-state index is 11.7. The predicted molar refractivity (Wildman–Crippen MR) is 68.2 cm³/mol. The van der Waals surface area contributed by atoms with Gasteiger partial charge in [-0.2, -0.15) is 0 Å². The van der Waals surface area contributed by atoms with Gasteiger partial charge < -0.3 is 16.3 Å². The highest BCUT2D eigenvalue weighted by atomic mass is 32.1. The van der Waals surface area contributed by atoms with Gasteiger partial charge in [0.05, 0.1) is 5.92 Å². The van der Waals surface area contributed by atoms with E-state index in [0.29, 0.717) is 0 Å². The number of hydrogen-bond donors (Lipinski definition) is 3. The second-order valence-electron chi connectivity index (χ2n) is 3.94. The highest BCUT2D eigenvalue weighted by Gasteiger charge is 2.19. The fourth-order valence-electron chi connectivity index (χ4n) is 1.37. The summed E-state index contributed by atoms with van der Waals surface area (Å²) in [5.41, 5.74) is 5.37. The lowest BCUT2D eigenvalue weighted by Gasteiger charge is -2.16. The quantitative estimate of drug-likeness (QED) is 0.319. The summed E-state index contributed by atoms with van der Waals surface area (Å²) in [6.07, 6.45) is 0.784. The van der Waals surface area contributed by atoms with E-state index in [0.717, 1.165) is 6.42 Å². The lowest BCUT2D eigenvalue weighted by molar-refractivity contribution is -0.123. The molecule has 6 heteroatoms. The van der Waals surface area contributed by atoms with Gasteiger partial charge in [0.2, 0.25) is 5.91 Å². The van der Waals surface area contributed by atoms with Crippen LogP contribution in [0.15, 0.2) is 22.7 Å². The number of carbonyl (C=O) groups excluding carboxylic acids is 1. The van der Waals surface area contributed by atoms with Crippen LogP contribution in [0, 0.1) is 5.92 Å². The first-order chi connectivity index (χ1) is 8.04. The molecule has 5 nitrogen and oxygen atoms in total. The van der Waals surface area contributed by atoms with E-state index in [2.05, 4.69) is 10.5 Å². The average molecular weight is 255 g/mol. The van der Waals surface area contributed by atoms with Crippen molar-refractivity contribution in [3.8, 4) is 0 Å². The highest BCUT2D eigenvalue weighted by Crippen LogP contribution is 2.11. The van der Waals surface area contributed by atoms with Crippen LogP contribution in [0.4, 0.5) is 0 Å². The number of nitrogens with zero attached hydrogens (tertiary/aromatic N) is 1. The number of nitrogens with two attached hydrogens (primary N) is 1. The minimum atomic E-state index is -0.620. The summed E-state index contributed by atoms with van der Waals surface area (Å²) >= 11 is 1.66. The fraction of sp³-hybridized carbons (Fsp3) is 0.455. The minimum absolute atomic E-state index is 0.0232. The summed E-state index contributed by atoms with van der Waals surface area (Å²) in [5.74, 6) is -0.930. The molecule has 1 heterocycles. The monoisotopic (exact) mass is 255 g/mol. The van der Waals surface area contributed by atoms with E-state index in [-0.39, 0.29) is 17.8 Å². The predicted octanol–water partition coefficient (Wildman–Crippen LogP) is 1.18. The number of amides is 1. The molecule has 0 spiro atoms. The van der Waals surface area contributed by atoms with Crippen LogP contribution in [0.25, 0.3) is 0 Å². The van der Waals surface area contributed by atoms with Crippen molar-refractivity contribution in [1.82, 2.24) is 5.32 Å². The molecule has 1 rings (SSSR count). The van der Waals surface area contributed by atoms with E-state index >= 15 is 0 Å². The number of nitrogens with one attached hydrogen (secondary N) is 1. The van der Waals surface area contributed by atoms with Crippen molar-refractivity contribution in [3.05, 3.63) is 22.4 Å². The third kappa shape index (κ3) is 4.07. The zero-order chi connectivity index (χ0) is 12.8. The lowest BCUT2D eigenvalue weighted by atomic mass is 10.1. The zero-order valence-electron chi connectivity index (χ0n) is 9.88. The van der Waals surface area contributed by atoms with Crippen LogP contribution >= 0.6 is 11.3 Å². The number of carbonyl (C=O) groups is 1. The van der Waals surface area contributed by atoms with Crippen LogP contribution < -0.4 is 11.1 Å². The first kappa shape index (κ1) is 13.5. The molecule has 0 saturated carbocycles. The Bertz CT molecular complexity index is 389. The van der Waals surface area contributed by atoms with Crippen molar-refractivity contribution in [2.24, 2.45) is 16.8 Å². The summed E-state index contributed by atoms with van der Waals surface area (Å²) in [6, 6.07) is 4.03. The third-order valence-corrected chi connectivity index (χ3v) is 3.33. The van der Waals surface area contributed by atoms with Crippen molar-refractivity contribution >= 4 is 23.1 Å². The summed E-state index contributed by atoms with van der Waals surface area (Å²) in [7, 11) is 0. The Labute approximate surface area is 104 Å². The zero-order valence-corrected chi connectivity index (χ0v) is 10.7. The van der Waals surface area contributed by atoms with E-state index in [4.69, 9.17) is 10.9 Å². The Morgan fingerprint density at radius 1 is 1.65 bits per heavy atom. The summed E-state index contributed by atoms with van der Waals surface area (Å²) in [6.45, 7) is 3.53. The molecule has 1 amide bonds. The smallest absolute Gasteiger partial charge is 0.230 e. The van der Waals surface area contributed by atoms with Gasteiger partial charge in [-0.05, 0) is 25.3 Å². The maximum Gasteiger partial charge on any atom is 0.230 e. The topological polar surface area (TPSA) is 87.7 Å². The largest absolute Gasteiger partial charge is 0.409 e. The van der Waals surface area contributed by atoms with E-state index in [1.807, 2.05) is 24.4 Å². The van der Waals surface area contributed by atoms with Gasteiger partial charge in [-0.1, -0.05) is 11.2 Å². The molecular weight excluding hydrogens is 238 g/mol. The van der Waals surface area contributed by atoms with Crippen LogP contribution in [-0.4, -0.2) is 23.0 Å². The number of oxime groups is 1. The Morgan fingerprint density at radius 3 is 2.88 bits per heavy atom. The van der Waals surface area contributed by atoms with Crippen LogP contribution in [-0.2, 0) is 11.2 Å². The second kappa shape index (κ2) is 6.24. The number of amidine groups is 1. The van der Waals surface area contributed by atoms with Crippen molar-refractivity contribution in [1.29, 1.82) is 0 Å². The molecule has 4 N–H and O–H groups in total. The molecule has 0 aliphatic carbocycles. The third-order valence-electron chi connectivity index (χ3n) is 2.43. The minimum Gasteiger partial charge on any atom is -0.409 e. The standard InChI is InChI=1S/C11H17N3O2S/c1-7(6-9-4-3-5-17-9)13-11(15)8(2)10(12)14-16/h3-5,7-8,16H,6H2,1-2H3,(H2,12,14)(H,13,15). The molecule has 94 valence electrons. The Kier molecular flexibility index (Phi) is 4.96. The molecule has 0 bridgehead atoms. The fourth-order valence-corrected chi connectivity index (χ4v) is 2.21. The maximum atomic E-state index is 11.7. The molecule has 1 aromatic rings. The van der Waals surface area contributed by atoms with Crippen LogP contribution in [0.2, 0.25) is 0 Å². The lowest BCUT2D eigenvalue weighted by Crippen LogP contribution is -2.42. The summed E-state index contributed by atoms with van der Waals surface area (Å²) in [4.78, 5) is 12.9. The second-order valence-corrected chi connectivity index (χ2v) is 4.97. The van der Waals surface area contributed by atoms with Crippen molar-refractivity contribution < 1.29 is 10.0 Å². The molecular formula is C11H17N3O2S. The number of hydrogen-bond acceptors (Lipinski definition) is 4. The van der Waals surface area contributed by atoms with Gasteiger partial charge in [-0.3, -0.25) is 4.79 Å². The molecule has 0 aliphatic heterocycles. The number of rotatable bonds is 5. The summed E-state index contributed by atoms with van der Waals surface area (Å²) < 4.78 is 0. The number of thiophene rings is 1. The summed E-state index contributed by atoms with van der Waals surface area (Å²) in [5, 5.41) is 16.1. The molecule has 0 aromatic carbocycles. The van der Waals surface area contributed by atoms with Crippen LogP contribution in [0.3, 0.4) is 0 Å². The van der Waals surface area contributed by atoms with E-state index in [9.17, 15) is 4.79 Å². The van der Waals surface area contributed by atoms with Crippen molar-refractivity contribution in [3.63, 3.8) is 0 Å². The molecule has 2 unspecified atom stereocenters. The first-order valence-electron chi connectivity index (χ1n) is 5.34. The molecule has 1 aromatic heterocycles. The van der Waals surface area contributed by atoms with Gasteiger partial charge in [-0.15, -0.1) is 11.3 Å². The Hall–Kier alpha value is -1.56. The van der Waals surface area contributed by atoms with Crippen LogP contribution in [0.5, 0.6) is 0 Å². The van der Waals surface area contributed by atoms with Gasteiger partial charge >= 0.3 is 0 Å². The van der Waals surface area contributed by atoms with Crippen molar-refractivity contribution in [2.45, 2.75) is 26.3 Å². The van der Waals surface area contributed by atoms with E-state index < -0.39 is 5.92 Å². The van der Waals surface area contributed by atoms with E-state index in [1.165, 1.54) is 4.88 Å². The first-order valence-corrected chi connectivity index (χ1v) is 6.22. The molecule has 0 aliphatic rings. The van der Waals surface area contributed by atoms with Crippen molar-refractivity contribution in [2.75, 3.05) is 0 Å². The highest BCUT2D eigenvalue weighted by molar-refractivity contribution is 7.09.